The van der Waals surface area contributed by atoms with Gasteiger partial charge in [-0.1, -0.05) is 0 Å². The van der Waals surface area contributed by atoms with Crippen molar-refractivity contribution in [1.29, 1.82) is 0 Å². The average Bonchev–Trinajstić information content (AvgIpc) is 2.84. The van der Waals surface area contributed by atoms with Gasteiger partial charge in [0.15, 0.2) is 0 Å². The van der Waals surface area contributed by atoms with E-state index in [-0.39, 0.29) is 12.5 Å². The van der Waals surface area contributed by atoms with Gasteiger partial charge in [0.2, 0.25) is 0 Å². The second-order valence-electron chi connectivity index (χ2n) is 5.14. The summed E-state index contributed by atoms with van der Waals surface area (Å²) in [4.78, 5) is 0. The summed E-state index contributed by atoms with van der Waals surface area (Å²) >= 11 is 0. The van der Waals surface area contributed by atoms with E-state index in [4.69, 9.17) is 5.11 Å². The normalized spacial score (nSPS) is 21.2. The van der Waals surface area contributed by atoms with Gasteiger partial charge in [-0.05, 0) is 24.8 Å². The fraction of sp³-hybridized carbons (Fsp3) is 0.750. The van der Waals surface area contributed by atoms with E-state index >= 15 is 0 Å². The van der Waals surface area contributed by atoms with E-state index in [0.717, 1.165) is 18.5 Å². The molecule has 0 radical (unpaired) electrons. The first-order chi connectivity index (χ1) is 9.53. The molecule has 1 aliphatic rings. The standard InChI is InChI=1S/C12H22N4O3S/c1-15-12(4-6-13-15)5-7-14-20(18,19)16-8-2-3-11(9-16)10-17/h4,6,11,14,17H,2-3,5,7-10H2,1H3. The Morgan fingerprint density at radius 1 is 1.55 bits per heavy atom. The van der Waals surface area contributed by atoms with Crippen molar-refractivity contribution in [3.05, 3.63) is 18.0 Å². The van der Waals surface area contributed by atoms with Gasteiger partial charge in [0.05, 0.1) is 0 Å². The molecule has 2 N–H and O–H groups in total. The molecule has 1 atom stereocenters. The number of piperidine rings is 1. The molecule has 2 rings (SSSR count). The van der Waals surface area contributed by atoms with E-state index in [1.165, 1.54) is 4.31 Å². The van der Waals surface area contributed by atoms with Crippen LogP contribution in [0.2, 0.25) is 0 Å². The van der Waals surface area contributed by atoms with Crippen LogP contribution in [0.4, 0.5) is 0 Å². The van der Waals surface area contributed by atoms with Crippen LogP contribution >= 0.6 is 0 Å². The van der Waals surface area contributed by atoms with Gasteiger partial charge in [-0.25, -0.2) is 4.72 Å². The van der Waals surface area contributed by atoms with E-state index in [9.17, 15) is 8.42 Å². The molecule has 8 heteroatoms. The highest BCUT2D eigenvalue weighted by atomic mass is 32.2. The molecule has 1 saturated heterocycles. The van der Waals surface area contributed by atoms with Gasteiger partial charge in [-0.3, -0.25) is 4.68 Å². The molecule has 0 aromatic carbocycles. The molecule has 0 bridgehead atoms. The lowest BCUT2D eigenvalue weighted by atomic mass is 10.0. The van der Waals surface area contributed by atoms with Crippen molar-refractivity contribution < 1.29 is 13.5 Å². The van der Waals surface area contributed by atoms with E-state index < -0.39 is 10.2 Å². The number of hydrogen-bond donors (Lipinski definition) is 2. The monoisotopic (exact) mass is 302 g/mol. The first kappa shape index (κ1) is 15.4. The van der Waals surface area contributed by atoms with Gasteiger partial charge in [-0.2, -0.15) is 17.8 Å². The summed E-state index contributed by atoms with van der Waals surface area (Å²) in [5, 5.41) is 13.2. The molecule has 1 unspecified atom stereocenters. The van der Waals surface area contributed by atoms with Crippen molar-refractivity contribution in [2.75, 3.05) is 26.2 Å². The van der Waals surface area contributed by atoms with E-state index in [0.29, 0.717) is 26.1 Å². The quantitative estimate of drug-likeness (QED) is 0.742. The third-order valence-corrected chi connectivity index (χ3v) is 5.25. The van der Waals surface area contributed by atoms with Gasteiger partial charge in [0, 0.05) is 51.6 Å². The molecule has 0 amide bonds. The van der Waals surface area contributed by atoms with Crippen LogP contribution in [0.25, 0.3) is 0 Å². The summed E-state index contributed by atoms with van der Waals surface area (Å²) in [6.07, 6.45) is 3.98. The molecule has 1 aromatic rings. The third kappa shape index (κ3) is 3.78. The molecule has 0 saturated carbocycles. The maximum absolute atomic E-state index is 12.2. The lowest BCUT2D eigenvalue weighted by molar-refractivity contribution is 0.165. The summed E-state index contributed by atoms with van der Waals surface area (Å²) in [5.74, 6) is 0.0531. The summed E-state index contributed by atoms with van der Waals surface area (Å²) in [6, 6.07) is 1.87. The van der Waals surface area contributed by atoms with Gasteiger partial charge in [0.25, 0.3) is 10.2 Å². The fourth-order valence-corrected chi connectivity index (χ4v) is 3.76. The summed E-state index contributed by atoms with van der Waals surface area (Å²) in [6.45, 7) is 1.32. The number of aliphatic hydroxyl groups is 1. The van der Waals surface area contributed by atoms with E-state index in [1.807, 2.05) is 13.1 Å². The highest BCUT2D eigenvalue weighted by molar-refractivity contribution is 7.87. The first-order valence-electron chi connectivity index (χ1n) is 6.85. The van der Waals surface area contributed by atoms with Crippen molar-refractivity contribution in [3.8, 4) is 0 Å². The van der Waals surface area contributed by atoms with Gasteiger partial charge in [0.1, 0.15) is 0 Å². The first-order valence-corrected chi connectivity index (χ1v) is 8.29. The van der Waals surface area contributed by atoms with E-state index in [1.54, 1.807) is 10.9 Å². The molecule has 2 heterocycles. The molecule has 1 aliphatic heterocycles. The van der Waals surface area contributed by atoms with Gasteiger partial charge in [-0.15, -0.1) is 0 Å². The number of aryl methyl sites for hydroxylation is 1. The average molecular weight is 302 g/mol. The molecule has 0 aliphatic carbocycles. The van der Waals surface area contributed by atoms with Crippen LogP contribution in [-0.2, 0) is 23.7 Å². The van der Waals surface area contributed by atoms with Crippen molar-refractivity contribution in [3.63, 3.8) is 0 Å². The molecule has 114 valence electrons. The Bertz CT molecular complexity index is 529. The summed E-state index contributed by atoms with van der Waals surface area (Å²) in [7, 11) is -1.62. The van der Waals surface area contributed by atoms with Crippen LogP contribution in [0.5, 0.6) is 0 Å². The minimum Gasteiger partial charge on any atom is -0.396 e. The maximum atomic E-state index is 12.2. The Morgan fingerprint density at radius 2 is 2.35 bits per heavy atom. The molecular formula is C12H22N4O3S. The second kappa shape index (κ2) is 6.66. The van der Waals surface area contributed by atoms with Crippen molar-refractivity contribution in [2.45, 2.75) is 19.3 Å². The lowest BCUT2D eigenvalue weighted by Crippen LogP contribution is -2.47. The third-order valence-electron chi connectivity index (χ3n) is 3.67. The Kier molecular flexibility index (Phi) is 5.14. The topological polar surface area (TPSA) is 87.5 Å². The predicted molar refractivity (Wildman–Crippen MR) is 75.2 cm³/mol. The smallest absolute Gasteiger partial charge is 0.279 e. The minimum absolute atomic E-state index is 0.0427. The summed E-state index contributed by atoms with van der Waals surface area (Å²) in [5.41, 5.74) is 0.986. The van der Waals surface area contributed by atoms with Crippen molar-refractivity contribution in [2.24, 2.45) is 13.0 Å². The Labute approximate surface area is 119 Å². The second-order valence-corrected chi connectivity index (χ2v) is 6.90. The van der Waals surface area contributed by atoms with Crippen molar-refractivity contribution >= 4 is 10.2 Å². The van der Waals surface area contributed by atoms with Gasteiger partial charge < -0.3 is 5.11 Å². The number of rotatable bonds is 6. The number of hydrogen-bond acceptors (Lipinski definition) is 4. The van der Waals surface area contributed by atoms with Crippen molar-refractivity contribution in [1.82, 2.24) is 18.8 Å². The zero-order valence-corrected chi connectivity index (χ0v) is 12.5. The number of aliphatic hydroxyl groups excluding tert-OH is 1. The van der Waals surface area contributed by atoms with E-state index in [2.05, 4.69) is 9.82 Å². The molecule has 7 nitrogen and oxygen atoms in total. The van der Waals surface area contributed by atoms with Crippen LogP contribution in [-0.4, -0.2) is 53.9 Å². The van der Waals surface area contributed by atoms with Crippen LogP contribution < -0.4 is 4.72 Å². The molecule has 1 aromatic heterocycles. The Hall–Kier alpha value is -0.960. The van der Waals surface area contributed by atoms with Crippen LogP contribution in [0, 0.1) is 5.92 Å². The number of nitrogens with one attached hydrogen (secondary N) is 1. The predicted octanol–water partition coefficient (Wildman–Crippen LogP) is -0.499. The van der Waals surface area contributed by atoms with Crippen LogP contribution in [0.15, 0.2) is 12.3 Å². The molecule has 20 heavy (non-hydrogen) atoms. The van der Waals surface area contributed by atoms with Gasteiger partial charge >= 0.3 is 0 Å². The SMILES string of the molecule is Cn1nccc1CCNS(=O)(=O)N1CCCC(CO)C1. The summed E-state index contributed by atoms with van der Waals surface area (Å²) < 4.78 is 30.1. The Balaban J connectivity index is 1.86. The highest BCUT2D eigenvalue weighted by Gasteiger charge is 2.28. The van der Waals surface area contributed by atoms with Crippen LogP contribution in [0.1, 0.15) is 18.5 Å². The lowest BCUT2D eigenvalue weighted by Gasteiger charge is -2.30. The molecule has 1 fully saturated rings. The fourth-order valence-electron chi connectivity index (χ4n) is 2.44. The Morgan fingerprint density at radius 3 is 3.00 bits per heavy atom. The largest absolute Gasteiger partial charge is 0.396 e. The van der Waals surface area contributed by atoms with Crippen LogP contribution in [0.3, 0.4) is 0 Å². The minimum atomic E-state index is -3.45. The molecular weight excluding hydrogens is 280 g/mol. The zero-order valence-electron chi connectivity index (χ0n) is 11.7. The molecule has 0 spiro atoms. The number of nitrogens with zero attached hydrogens (tertiary/aromatic N) is 3. The zero-order chi connectivity index (χ0) is 14.6. The highest BCUT2D eigenvalue weighted by Crippen LogP contribution is 2.17. The maximum Gasteiger partial charge on any atom is 0.279 e. The number of aromatic nitrogens is 2.